The van der Waals surface area contributed by atoms with Crippen LogP contribution in [0, 0.1) is 11.8 Å². The summed E-state index contributed by atoms with van der Waals surface area (Å²) in [4.78, 5) is 11.1. The summed E-state index contributed by atoms with van der Waals surface area (Å²) in [5, 5.41) is 8.39. The third-order valence-corrected chi connectivity index (χ3v) is 5.07. The van der Waals surface area contributed by atoms with E-state index in [1.807, 2.05) is 0 Å². The van der Waals surface area contributed by atoms with E-state index in [2.05, 4.69) is 11.8 Å². The third-order valence-electron chi connectivity index (χ3n) is 3.28. The minimum atomic E-state index is -3.71. The quantitative estimate of drug-likeness (QED) is 0.379. The van der Waals surface area contributed by atoms with Crippen molar-refractivity contribution in [3.8, 4) is 11.8 Å². The molecule has 2 rings (SSSR count). The molecule has 2 aromatic carbocycles. The number of amides is 1. The van der Waals surface area contributed by atoms with Crippen molar-refractivity contribution in [1.29, 1.82) is 0 Å². The van der Waals surface area contributed by atoms with Gasteiger partial charge in [0.15, 0.2) is 0 Å². The molecule has 0 heterocycles. The zero-order valence-electron chi connectivity index (χ0n) is 13.4. The van der Waals surface area contributed by atoms with Crippen LogP contribution in [0.25, 0.3) is 0 Å². The van der Waals surface area contributed by atoms with Crippen molar-refractivity contribution in [2.45, 2.75) is 4.90 Å². The standard InChI is InChI=1S/C18H16N2O4S/c1-20(25(23,24)16-11-3-2-4-12-16)17-13-7-5-9-15(17)10-6-8-14-18(21)19-22/h2-5,7-9,11-14,22H,1H3,(H,19,21). The van der Waals surface area contributed by atoms with Gasteiger partial charge in [0, 0.05) is 18.7 Å². The maximum atomic E-state index is 12.7. The molecule has 2 N–H and O–H groups in total. The second kappa shape index (κ2) is 8.15. The zero-order valence-corrected chi connectivity index (χ0v) is 14.2. The van der Waals surface area contributed by atoms with Crippen LogP contribution in [0.4, 0.5) is 5.69 Å². The normalized spacial score (nSPS) is 10.8. The Morgan fingerprint density at radius 1 is 1.12 bits per heavy atom. The van der Waals surface area contributed by atoms with Crippen LogP contribution in [0.15, 0.2) is 71.6 Å². The van der Waals surface area contributed by atoms with E-state index in [1.54, 1.807) is 42.5 Å². The van der Waals surface area contributed by atoms with Gasteiger partial charge in [0.05, 0.1) is 10.6 Å². The molecule has 128 valence electrons. The van der Waals surface area contributed by atoms with Gasteiger partial charge in [-0.05, 0) is 30.3 Å². The Kier molecular flexibility index (Phi) is 5.95. The summed E-state index contributed by atoms with van der Waals surface area (Å²) in [5.41, 5.74) is 2.35. The molecule has 0 spiro atoms. The summed E-state index contributed by atoms with van der Waals surface area (Å²) in [7, 11) is -2.26. The molecule has 0 aliphatic carbocycles. The molecule has 1 amide bonds. The average molecular weight is 356 g/mol. The number of allylic oxidation sites excluding steroid dienone is 1. The van der Waals surface area contributed by atoms with Crippen molar-refractivity contribution >= 4 is 21.6 Å². The fraction of sp³-hybridized carbons (Fsp3) is 0.0556. The average Bonchev–Trinajstić information content (AvgIpc) is 2.65. The number of hydrogen-bond acceptors (Lipinski definition) is 4. The third kappa shape index (κ3) is 4.47. The van der Waals surface area contributed by atoms with Crippen molar-refractivity contribution in [3.05, 3.63) is 72.3 Å². The second-order valence-electron chi connectivity index (χ2n) is 4.88. The number of para-hydroxylation sites is 1. The van der Waals surface area contributed by atoms with E-state index >= 15 is 0 Å². The maximum absolute atomic E-state index is 12.7. The number of nitrogens with one attached hydrogen (secondary N) is 1. The number of nitrogens with zero attached hydrogens (tertiary/aromatic N) is 1. The van der Waals surface area contributed by atoms with Gasteiger partial charge in [-0.3, -0.25) is 14.3 Å². The van der Waals surface area contributed by atoms with Gasteiger partial charge in [0.25, 0.3) is 15.9 Å². The van der Waals surface area contributed by atoms with Crippen LogP contribution in [-0.4, -0.2) is 26.6 Å². The molecule has 0 unspecified atom stereocenters. The molecule has 0 saturated carbocycles. The van der Waals surface area contributed by atoms with Gasteiger partial charge >= 0.3 is 0 Å². The van der Waals surface area contributed by atoms with Crippen LogP contribution in [0.3, 0.4) is 0 Å². The maximum Gasteiger partial charge on any atom is 0.267 e. The Balaban J connectivity index is 2.36. The Bertz CT molecular complexity index is 942. The SMILES string of the molecule is CN(c1ccccc1C#CC=CC(=O)NO)S(=O)(=O)c1ccccc1. The molecular weight excluding hydrogens is 340 g/mol. The predicted octanol–water partition coefficient (Wildman–Crippen LogP) is 1.92. The van der Waals surface area contributed by atoms with E-state index in [0.29, 0.717) is 11.3 Å². The lowest BCUT2D eigenvalue weighted by Crippen LogP contribution is -2.27. The number of rotatable bonds is 4. The summed E-state index contributed by atoms with van der Waals surface area (Å²) in [5.74, 6) is 4.72. The van der Waals surface area contributed by atoms with Gasteiger partial charge in [0.1, 0.15) is 0 Å². The molecular formula is C18H16N2O4S. The van der Waals surface area contributed by atoms with Crippen molar-refractivity contribution in [1.82, 2.24) is 5.48 Å². The Morgan fingerprint density at radius 2 is 1.76 bits per heavy atom. The van der Waals surface area contributed by atoms with Gasteiger partial charge < -0.3 is 0 Å². The number of carbonyl (C=O) groups is 1. The van der Waals surface area contributed by atoms with E-state index in [1.165, 1.54) is 30.7 Å². The van der Waals surface area contributed by atoms with Gasteiger partial charge in [-0.15, -0.1) is 0 Å². The van der Waals surface area contributed by atoms with Gasteiger partial charge in [-0.25, -0.2) is 13.9 Å². The highest BCUT2D eigenvalue weighted by atomic mass is 32.2. The summed E-state index contributed by atoms with van der Waals surface area (Å²) < 4.78 is 26.6. The van der Waals surface area contributed by atoms with E-state index in [4.69, 9.17) is 5.21 Å². The summed E-state index contributed by atoms with van der Waals surface area (Å²) in [6, 6.07) is 14.9. The molecule has 2 aromatic rings. The molecule has 0 saturated heterocycles. The number of hydroxylamine groups is 1. The highest BCUT2D eigenvalue weighted by Gasteiger charge is 2.22. The molecule has 0 radical (unpaired) electrons. The number of carbonyl (C=O) groups excluding carboxylic acids is 1. The molecule has 7 heteroatoms. The summed E-state index contributed by atoms with van der Waals surface area (Å²) >= 11 is 0. The van der Waals surface area contributed by atoms with E-state index in [9.17, 15) is 13.2 Å². The van der Waals surface area contributed by atoms with Gasteiger partial charge in [-0.1, -0.05) is 42.2 Å². The smallest absolute Gasteiger partial charge is 0.267 e. The van der Waals surface area contributed by atoms with Gasteiger partial charge in [0.2, 0.25) is 0 Å². The monoisotopic (exact) mass is 356 g/mol. The minimum Gasteiger partial charge on any atom is -0.288 e. The Labute approximate surface area is 146 Å². The number of anilines is 1. The van der Waals surface area contributed by atoms with E-state index in [-0.39, 0.29) is 4.90 Å². The topological polar surface area (TPSA) is 86.7 Å². The van der Waals surface area contributed by atoms with Crippen molar-refractivity contribution < 1.29 is 18.4 Å². The first kappa shape index (κ1) is 18.3. The second-order valence-corrected chi connectivity index (χ2v) is 6.85. The number of sulfonamides is 1. The summed E-state index contributed by atoms with van der Waals surface area (Å²) in [6.07, 6.45) is 2.31. The molecule has 0 aliphatic heterocycles. The first-order valence-corrected chi connectivity index (χ1v) is 8.66. The lowest BCUT2D eigenvalue weighted by Gasteiger charge is -2.20. The lowest BCUT2D eigenvalue weighted by molar-refractivity contribution is -0.124. The van der Waals surface area contributed by atoms with Crippen molar-refractivity contribution in [2.24, 2.45) is 0 Å². The fourth-order valence-electron chi connectivity index (χ4n) is 2.01. The summed E-state index contributed by atoms with van der Waals surface area (Å²) in [6.45, 7) is 0. The highest BCUT2D eigenvalue weighted by Crippen LogP contribution is 2.24. The largest absolute Gasteiger partial charge is 0.288 e. The molecule has 0 aromatic heterocycles. The molecule has 25 heavy (non-hydrogen) atoms. The van der Waals surface area contributed by atoms with Crippen LogP contribution in [-0.2, 0) is 14.8 Å². The van der Waals surface area contributed by atoms with E-state index in [0.717, 1.165) is 10.4 Å². The number of benzene rings is 2. The Hall–Kier alpha value is -3.08. The Morgan fingerprint density at radius 3 is 2.44 bits per heavy atom. The minimum absolute atomic E-state index is 0.180. The van der Waals surface area contributed by atoms with Crippen LogP contribution in [0.5, 0.6) is 0 Å². The predicted molar refractivity (Wildman–Crippen MR) is 94.4 cm³/mol. The van der Waals surface area contributed by atoms with Crippen molar-refractivity contribution in [3.63, 3.8) is 0 Å². The zero-order chi connectivity index (χ0) is 18.3. The molecule has 0 bridgehead atoms. The molecule has 6 nitrogen and oxygen atoms in total. The van der Waals surface area contributed by atoms with Crippen molar-refractivity contribution in [2.75, 3.05) is 11.4 Å². The lowest BCUT2D eigenvalue weighted by atomic mass is 10.2. The van der Waals surface area contributed by atoms with E-state index < -0.39 is 15.9 Å². The highest BCUT2D eigenvalue weighted by molar-refractivity contribution is 7.92. The van der Waals surface area contributed by atoms with Crippen LogP contribution in [0.2, 0.25) is 0 Å². The van der Waals surface area contributed by atoms with Crippen LogP contribution < -0.4 is 9.79 Å². The fourth-order valence-corrected chi connectivity index (χ4v) is 3.24. The first-order valence-electron chi connectivity index (χ1n) is 7.22. The number of hydrogen-bond donors (Lipinski definition) is 2. The molecule has 0 atom stereocenters. The van der Waals surface area contributed by atoms with Crippen LogP contribution >= 0.6 is 0 Å². The van der Waals surface area contributed by atoms with Crippen LogP contribution in [0.1, 0.15) is 5.56 Å². The van der Waals surface area contributed by atoms with Gasteiger partial charge in [-0.2, -0.15) is 0 Å². The molecule has 0 fully saturated rings. The molecule has 0 aliphatic rings. The first-order chi connectivity index (χ1) is 12.0.